The van der Waals surface area contributed by atoms with Crippen LogP contribution in [-0.2, 0) is 14.3 Å². The molecule has 8 heteroatoms. The molecule has 0 aliphatic rings. The summed E-state index contributed by atoms with van der Waals surface area (Å²) in [6.07, 6.45) is -0.388. The maximum absolute atomic E-state index is 11.9. The molecule has 2 rings (SSSR count). The van der Waals surface area contributed by atoms with Crippen LogP contribution in [0.3, 0.4) is 0 Å². The first-order valence-corrected chi connectivity index (χ1v) is 8.83. The first kappa shape index (κ1) is 20.3. The van der Waals surface area contributed by atoms with Gasteiger partial charge in [-0.2, -0.15) is 0 Å². The molecule has 0 aliphatic heterocycles. The summed E-state index contributed by atoms with van der Waals surface area (Å²) in [5.74, 6) is -2.03. The molecule has 0 fully saturated rings. The second kappa shape index (κ2) is 10.2. The van der Waals surface area contributed by atoms with Gasteiger partial charge in [0.05, 0.1) is 6.42 Å². The number of amides is 2. The maximum atomic E-state index is 11.9. The van der Waals surface area contributed by atoms with Gasteiger partial charge in [-0.3, -0.25) is 30.0 Å². The van der Waals surface area contributed by atoms with Gasteiger partial charge < -0.3 is 4.74 Å². The summed E-state index contributed by atoms with van der Waals surface area (Å²) in [5.41, 5.74) is 5.28. The molecule has 2 aromatic carbocycles. The second-order valence-electron chi connectivity index (χ2n) is 5.46. The number of benzene rings is 2. The highest BCUT2D eigenvalue weighted by Crippen LogP contribution is 2.11. The number of ketones is 1. The Morgan fingerprint density at radius 3 is 2.15 bits per heavy atom. The van der Waals surface area contributed by atoms with E-state index >= 15 is 0 Å². The number of hydrogen-bond donors (Lipinski definition) is 2. The van der Waals surface area contributed by atoms with E-state index in [9.17, 15) is 19.2 Å². The predicted molar refractivity (Wildman–Crippen MR) is 101 cm³/mol. The van der Waals surface area contributed by atoms with E-state index < -0.39 is 24.4 Å². The zero-order valence-corrected chi connectivity index (χ0v) is 15.8. The molecule has 0 heterocycles. The van der Waals surface area contributed by atoms with E-state index in [2.05, 4.69) is 26.8 Å². The molecule has 0 radical (unpaired) electrons. The van der Waals surface area contributed by atoms with Crippen molar-refractivity contribution in [3.8, 4) is 0 Å². The van der Waals surface area contributed by atoms with Crippen molar-refractivity contribution in [3.63, 3.8) is 0 Å². The molecule has 2 N–H and O–H groups in total. The summed E-state index contributed by atoms with van der Waals surface area (Å²) in [7, 11) is 0. The van der Waals surface area contributed by atoms with Crippen molar-refractivity contribution in [2.75, 3.05) is 6.61 Å². The lowest BCUT2D eigenvalue weighted by Crippen LogP contribution is -2.41. The van der Waals surface area contributed by atoms with Crippen LogP contribution in [0.25, 0.3) is 0 Å². The topological polar surface area (TPSA) is 102 Å². The SMILES string of the molecule is O=C(CCC(=O)OCC(=O)c1ccc(Br)cc1)NNC(=O)c1ccccc1. The van der Waals surface area contributed by atoms with E-state index in [0.717, 1.165) is 4.47 Å². The van der Waals surface area contributed by atoms with Crippen LogP contribution in [0.2, 0.25) is 0 Å². The van der Waals surface area contributed by atoms with Gasteiger partial charge in [0, 0.05) is 22.0 Å². The molecular weight excluding hydrogens is 416 g/mol. The molecule has 2 aromatic rings. The highest BCUT2D eigenvalue weighted by atomic mass is 79.9. The smallest absolute Gasteiger partial charge is 0.306 e. The molecule has 2 amide bonds. The second-order valence-corrected chi connectivity index (χ2v) is 6.37. The van der Waals surface area contributed by atoms with Crippen LogP contribution in [-0.4, -0.2) is 30.2 Å². The van der Waals surface area contributed by atoms with E-state index in [0.29, 0.717) is 11.1 Å². The number of carbonyl (C=O) groups excluding carboxylic acids is 4. The predicted octanol–water partition coefficient (Wildman–Crippen LogP) is 2.42. The molecule has 0 bridgehead atoms. The van der Waals surface area contributed by atoms with Gasteiger partial charge in [-0.25, -0.2) is 0 Å². The fraction of sp³-hybridized carbons (Fsp3) is 0.158. The summed E-state index contributed by atoms with van der Waals surface area (Å²) in [4.78, 5) is 47.0. The lowest BCUT2D eigenvalue weighted by atomic mass is 10.1. The van der Waals surface area contributed by atoms with Crippen LogP contribution < -0.4 is 10.9 Å². The fourth-order valence-corrected chi connectivity index (χ4v) is 2.27. The summed E-state index contributed by atoms with van der Waals surface area (Å²) < 4.78 is 5.70. The van der Waals surface area contributed by atoms with Gasteiger partial charge in [-0.15, -0.1) is 0 Å². The number of ether oxygens (including phenoxy) is 1. The average Bonchev–Trinajstić information content (AvgIpc) is 2.69. The van der Waals surface area contributed by atoms with Crippen LogP contribution in [0.15, 0.2) is 59.1 Å². The van der Waals surface area contributed by atoms with Gasteiger partial charge in [-0.05, 0) is 24.3 Å². The minimum atomic E-state index is -0.676. The highest BCUT2D eigenvalue weighted by Gasteiger charge is 2.12. The van der Waals surface area contributed by atoms with Crippen LogP contribution >= 0.6 is 15.9 Å². The molecule has 7 nitrogen and oxygen atoms in total. The van der Waals surface area contributed by atoms with Crippen LogP contribution in [0.5, 0.6) is 0 Å². The standard InChI is InChI=1S/C19H17BrN2O5/c20-15-8-6-13(7-9-15)16(23)12-27-18(25)11-10-17(24)21-22-19(26)14-4-2-1-3-5-14/h1-9H,10-12H2,(H,21,24)(H,22,26). The Hall–Kier alpha value is -3.00. The van der Waals surface area contributed by atoms with Crippen molar-refractivity contribution in [2.24, 2.45) is 0 Å². The molecule has 0 atom stereocenters. The summed E-state index contributed by atoms with van der Waals surface area (Å²) in [6.45, 7) is -0.396. The number of halogens is 1. The van der Waals surface area contributed by atoms with E-state index in [1.54, 1.807) is 54.6 Å². The van der Waals surface area contributed by atoms with E-state index in [1.807, 2.05) is 0 Å². The Balaban J connectivity index is 1.66. The molecule has 0 spiro atoms. The van der Waals surface area contributed by atoms with Gasteiger partial charge in [0.15, 0.2) is 12.4 Å². The largest absolute Gasteiger partial charge is 0.457 e. The summed E-state index contributed by atoms with van der Waals surface area (Å²) in [5, 5.41) is 0. The number of carbonyl (C=O) groups is 4. The lowest BCUT2D eigenvalue weighted by molar-refractivity contribution is -0.143. The Bertz CT molecular complexity index is 822. The molecule has 27 heavy (non-hydrogen) atoms. The van der Waals surface area contributed by atoms with E-state index in [1.165, 1.54) is 0 Å². The van der Waals surface area contributed by atoms with Gasteiger partial charge >= 0.3 is 5.97 Å². The van der Waals surface area contributed by atoms with Gasteiger partial charge in [0.2, 0.25) is 5.91 Å². The minimum absolute atomic E-state index is 0.180. The Morgan fingerprint density at radius 1 is 0.815 bits per heavy atom. The van der Waals surface area contributed by atoms with Gasteiger partial charge in [-0.1, -0.05) is 46.3 Å². The number of hydrogen-bond acceptors (Lipinski definition) is 5. The molecular formula is C19H17BrN2O5. The Labute approximate surface area is 164 Å². The van der Waals surface area contributed by atoms with Crippen molar-refractivity contribution in [2.45, 2.75) is 12.8 Å². The highest BCUT2D eigenvalue weighted by molar-refractivity contribution is 9.10. The molecule has 0 saturated carbocycles. The van der Waals surface area contributed by atoms with Crippen LogP contribution in [0.4, 0.5) is 0 Å². The Morgan fingerprint density at radius 2 is 1.48 bits per heavy atom. The van der Waals surface area contributed by atoms with Crippen molar-refractivity contribution in [3.05, 3.63) is 70.2 Å². The average molecular weight is 433 g/mol. The molecule has 0 unspecified atom stereocenters. The van der Waals surface area contributed by atoms with Crippen molar-refractivity contribution in [1.29, 1.82) is 0 Å². The van der Waals surface area contributed by atoms with Crippen molar-refractivity contribution in [1.82, 2.24) is 10.9 Å². The zero-order valence-electron chi connectivity index (χ0n) is 14.2. The molecule has 0 aliphatic carbocycles. The first-order valence-electron chi connectivity index (χ1n) is 8.04. The van der Waals surface area contributed by atoms with Crippen LogP contribution in [0.1, 0.15) is 33.6 Å². The quantitative estimate of drug-likeness (QED) is 0.397. The maximum Gasteiger partial charge on any atom is 0.306 e. The van der Waals surface area contributed by atoms with Crippen molar-refractivity contribution < 1.29 is 23.9 Å². The summed E-state index contributed by atoms with van der Waals surface area (Å²) in [6, 6.07) is 15.0. The molecule has 0 aromatic heterocycles. The number of nitrogens with one attached hydrogen (secondary N) is 2. The third-order valence-electron chi connectivity index (χ3n) is 3.44. The Kier molecular flexibility index (Phi) is 7.69. The number of esters is 1. The molecule has 0 saturated heterocycles. The summed E-state index contributed by atoms with van der Waals surface area (Å²) >= 11 is 3.26. The zero-order chi connectivity index (χ0) is 19.6. The first-order chi connectivity index (χ1) is 13.0. The monoisotopic (exact) mass is 432 g/mol. The minimum Gasteiger partial charge on any atom is -0.457 e. The van der Waals surface area contributed by atoms with Gasteiger partial charge in [0.1, 0.15) is 0 Å². The number of rotatable bonds is 7. The van der Waals surface area contributed by atoms with Crippen LogP contribution in [0, 0.1) is 0 Å². The lowest BCUT2D eigenvalue weighted by Gasteiger charge is -2.07. The van der Waals surface area contributed by atoms with Crippen molar-refractivity contribution >= 4 is 39.5 Å². The fourth-order valence-electron chi connectivity index (χ4n) is 2.00. The third-order valence-corrected chi connectivity index (χ3v) is 3.97. The van der Waals surface area contributed by atoms with E-state index in [4.69, 9.17) is 4.74 Å². The van der Waals surface area contributed by atoms with Gasteiger partial charge in [0.25, 0.3) is 5.91 Å². The number of hydrazine groups is 1. The normalized spacial score (nSPS) is 9.96. The third kappa shape index (κ3) is 7.02. The molecule has 140 valence electrons. The number of Topliss-reactive ketones (excluding diaryl/α,β-unsaturated/α-hetero) is 1. The van der Waals surface area contributed by atoms with E-state index in [-0.39, 0.29) is 18.6 Å².